The van der Waals surface area contributed by atoms with Crippen molar-refractivity contribution >= 4 is 18.3 Å². The van der Waals surface area contributed by atoms with Crippen LogP contribution in [0.25, 0.3) is 5.69 Å². The van der Waals surface area contributed by atoms with E-state index in [0.29, 0.717) is 0 Å². The molecular formula is C19H26ClN3O. The van der Waals surface area contributed by atoms with E-state index < -0.39 is 0 Å². The number of benzene rings is 1. The highest BCUT2D eigenvalue weighted by Gasteiger charge is 2.20. The number of carbonyl (C=O) groups is 1. The number of piperidine rings is 1. The predicted octanol–water partition coefficient (Wildman–Crippen LogP) is 3.31. The maximum atomic E-state index is 12.7. The lowest BCUT2D eigenvalue weighted by Crippen LogP contribution is -2.42. The second kappa shape index (κ2) is 7.86. The summed E-state index contributed by atoms with van der Waals surface area (Å²) in [7, 11) is 0. The van der Waals surface area contributed by atoms with Crippen molar-refractivity contribution in [2.75, 3.05) is 13.1 Å². The van der Waals surface area contributed by atoms with E-state index in [1.54, 1.807) is 0 Å². The molecule has 0 atom stereocenters. The topological polar surface area (TPSA) is 46.1 Å². The molecule has 2 aromatic rings. The Labute approximate surface area is 150 Å². The number of nitrogens with one attached hydrogen (secondary N) is 2. The fourth-order valence-corrected chi connectivity index (χ4v) is 3.39. The summed E-state index contributed by atoms with van der Waals surface area (Å²) in [4.78, 5) is 12.7. The highest BCUT2D eigenvalue weighted by atomic mass is 35.5. The van der Waals surface area contributed by atoms with Crippen molar-refractivity contribution in [3.8, 4) is 5.69 Å². The quantitative estimate of drug-likeness (QED) is 0.894. The Morgan fingerprint density at radius 2 is 1.88 bits per heavy atom. The van der Waals surface area contributed by atoms with Gasteiger partial charge in [0, 0.05) is 23.1 Å². The minimum atomic E-state index is 0. The fraction of sp³-hybridized carbons (Fsp3) is 0.421. The van der Waals surface area contributed by atoms with Gasteiger partial charge in [-0.25, -0.2) is 0 Å². The van der Waals surface area contributed by atoms with Gasteiger partial charge in [-0.15, -0.1) is 12.4 Å². The zero-order chi connectivity index (χ0) is 16.4. The van der Waals surface area contributed by atoms with Crippen molar-refractivity contribution in [1.82, 2.24) is 15.2 Å². The number of hydrogen-bond donors (Lipinski definition) is 2. The molecule has 0 saturated carbocycles. The van der Waals surface area contributed by atoms with E-state index >= 15 is 0 Å². The predicted molar refractivity (Wildman–Crippen MR) is 101 cm³/mol. The molecule has 2 heterocycles. The molecule has 0 radical (unpaired) electrons. The van der Waals surface area contributed by atoms with Gasteiger partial charge in [0.05, 0.1) is 5.56 Å². The van der Waals surface area contributed by atoms with Crippen LogP contribution in [-0.2, 0) is 0 Å². The molecule has 3 rings (SSSR count). The molecule has 24 heavy (non-hydrogen) atoms. The first kappa shape index (κ1) is 18.6. The standard InChI is InChI=1S/C19H25N3O.ClH/c1-13-5-4-6-17(11-13)22-14(2)12-18(15(22)3)19(23)21-16-7-9-20-10-8-16;/h4-6,11-12,16,20H,7-10H2,1-3H3,(H,21,23);1H. The first-order chi connectivity index (χ1) is 11.1. The lowest BCUT2D eigenvalue weighted by atomic mass is 10.1. The number of hydrogen-bond acceptors (Lipinski definition) is 2. The number of amides is 1. The molecule has 0 unspecified atom stereocenters. The van der Waals surface area contributed by atoms with Gasteiger partial charge in [-0.2, -0.15) is 0 Å². The molecule has 0 spiro atoms. The third kappa shape index (κ3) is 3.82. The molecule has 1 fully saturated rings. The third-order valence-electron chi connectivity index (χ3n) is 4.61. The van der Waals surface area contributed by atoms with Gasteiger partial charge >= 0.3 is 0 Å². The van der Waals surface area contributed by atoms with Gasteiger partial charge < -0.3 is 15.2 Å². The molecule has 1 amide bonds. The molecule has 1 aliphatic heterocycles. The van der Waals surface area contributed by atoms with Crippen LogP contribution < -0.4 is 10.6 Å². The van der Waals surface area contributed by atoms with Gasteiger partial charge in [0.25, 0.3) is 5.91 Å². The molecule has 0 bridgehead atoms. The summed E-state index contributed by atoms with van der Waals surface area (Å²) < 4.78 is 2.16. The minimum absolute atomic E-state index is 0. The molecule has 130 valence electrons. The van der Waals surface area contributed by atoms with Gasteiger partial charge in [0.15, 0.2) is 0 Å². The fourth-order valence-electron chi connectivity index (χ4n) is 3.39. The summed E-state index contributed by atoms with van der Waals surface area (Å²) in [5, 5.41) is 6.51. The summed E-state index contributed by atoms with van der Waals surface area (Å²) >= 11 is 0. The molecule has 5 heteroatoms. The van der Waals surface area contributed by atoms with Crippen LogP contribution in [0.1, 0.15) is 40.2 Å². The highest BCUT2D eigenvalue weighted by Crippen LogP contribution is 2.22. The Kier molecular flexibility index (Phi) is 6.08. The van der Waals surface area contributed by atoms with Gasteiger partial charge in [-0.1, -0.05) is 12.1 Å². The summed E-state index contributed by atoms with van der Waals surface area (Å²) in [6.45, 7) is 8.12. The summed E-state index contributed by atoms with van der Waals surface area (Å²) in [5.41, 5.74) is 5.20. The smallest absolute Gasteiger partial charge is 0.253 e. The molecule has 2 N–H and O–H groups in total. The number of halogens is 1. The lowest BCUT2D eigenvalue weighted by Gasteiger charge is -2.23. The Hall–Kier alpha value is -1.78. The van der Waals surface area contributed by atoms with Crippen molar-refractivity contribution < 1.29 is 4.79 Å². The van der Waals surface area contributed by atoms with Gasteiger partial charge in [0.1, 0.15) is 0 Å². The lowest BCUT2D eigenvalue weighted by molar-refractivity contribution is 0.0929. The average Bonchev–Trinajstić information content (AvgIpc) is 2.83. The van der Waals surface area contributed by atoms with E-state index in [1.165, 1.54) is 5.56 Å². The van der Waals surface area contributed by atoms with Crippen LogP contribution >= 0.6 is 12.4 Å². The Bertz CT molecular complexity index is 717. The summed E-state index contributed by atoms with van der Waals surface area (Å²) in [6, 6.07) is 10.6. The Balaban J connectivity index is 0.00000208. The van der Waals surface area contributed by atoms with Crippen molar-refractivity contribution in [3.63, 3.8) is 0 Å². The average molecular weight is 348 g/mol. The maximum absolute atomic E-state index is 12.7. The van der Waals surface area contributed by atoms with Crippen molar-refractivity contribution in [1.29, 1.82) is 0 Å². The van der Waals surface area contributed by atoms with Crippen LogP contribution in [0.4, 0.5) is 0 Å². The van der Waals surface area contributed by atoms with Crippen LogP contribution in [0, 0.1) is 20.8 Å². The van der Waals surface area contributed by atoms with Crippen LogP contribution in [-0.4, -0.2) is 29.6 Å². The van der Waals surface area contributed by atoms with E-state index in [4.69, 9.17) is 0 Å². The Morgan fingerprint density at radius 1 is 1.17 bits per heavy atom. The first-order valence-electron chi connectivity index (χ1n) is 8.34. The molecule has 1 saturated heterocycles. The van der Waals surface area contributed by atoms with Gasteiger partial charge in [-0.05, 0) is 70.5 Å². The van der Waals surface area contributed by atoms with Gasteiger partial charge in [0.2, 0.25) is 0 Å². The van der Waals surface area contributed by atoms with Crippen molar-refractivity contribution in [2.24, 2.45) is 0 Å². The minimum Gasteiger partial charge on any atom is -0.349 e. The number of aryl methyl sites for hydroxylation is 2. The molecule has 1 aliphatic rings. The molecular weight excluding hydrogens is 322 g/mol. The molecule has 1 aromatic heterocycles. The highest BCUT2D eigenvalue weighted by molar-refractivity contribution is 5.96. The second-order valence-electron chi connectivity index (χ2n) is 6.46. The van der Waals surface area contributed by atoms with E-state index in [-0.39, 0.29) is 24.4 Å². The Morgan fingerprint density at radius 3 is 2.54 bits per heavy atom. The third-order valence-corrected chi connectivity index (χ3v) is 4.61. The number of rotatable bonds is 3. The van der Waals surface area contributed by atoms with E-state index in [1.807, 2.05) is 13.0 Å². The monoisotopic (exact) mass is 347 g/mol. The second-order valence-corrected chi connectivity index (χ2v) is 6.46. The normalized spacial score (nSPS) is 15.0. The van der Waals surface area contributed by atoms with E-state index in [2.05, 4.69) is 53.3 Å². The number of aromatic nitrogens is 1. The van der Waals surface area contributed by atoms with Crippen LogP contribution in [0.5, 0.6) is 0 Å². The largest absolute Gasteiger partial charge is 0.349 e. The summed E-state index contributed by atoms with van der Waals surface area (Å²) in [6.07, 6.45) is 2.00. The molecule has 0 aliphatic carbocycles. The zero-order valence-corrected chi connectivity index (χ0v) is 15.4. The van der Waals surface area contributed by atoms with Crippen molar-refractivity contribution in [3.05, 3.63) is 52.8 Å². The van der Waals surface area contributed by atoms with Crippen LogP contribution in [0.3, 0.4) is 0 Å². The van der Waals surface area contributed by atoms with Crippen LogP contribution in [0.2, 0.25) is 0 Å². The first-order valence-corrected chi connectivity index (χ1v) is 8.34. The summed E-state index contributed by atoms with van der Waals surface area (Å²) in [5.74, 6) is 0.0453. The molecule has 1 aromatic carbocycles. The maximum Gasteiger partial charge on any atom is 0.253 e. The van der Waals surface area contributed by atoms with E-state index in [0.717, 1.165) is 48.6 Å². The van der Waals surface area contributed by atoms with E-state index in [9.17, 15) is 4.79 Å². The zero-order valence-electron chi connectivity index (χ0n) is 14.6. The van der Waals surface area contributed by atoms with Crippen LogP contribution in [0.15, 0.2) is 30.3 Å². The number of nitrogens with zero attached hydrogens (tertiary/aromatic N) is 1. The van der Waals surface area contributed by atoms with Gasteiger partial charge in [-0.3, -0.25) is 4.79 Å². The van der Waals surface area contributed by atoms with Crippen molar-refractivity contribution in [2.45, 2.75) is 39.7 Å². The SMILES string of the molecule is Cc1cccc(-n2c(C)cc(C(=O)NC3CCNCC3)c2C)c1.Cl. The number of carbonyl (C=O) groups excluding carboxylic acids is 1. The molecule has 4 nitrogen and oxygen atoms in total.